The van der Waals surface area contributed by atoms with Crippen LogP contribution < -0.4 is 0 Å². The molecule has 2 N–H and O–H groups in total. The number of aliphatic hydroxyl groups excluding tert-OH is 2. The average Bonchev–Trinajstić information content (AvgIpc) is 0.837. The number of rotatable bonds is 11. The first-order valence-corrected chi connectivity index (χ1v) is 34.4. The zero-order chi connectivity index (χ0) is 74.9. The van der Waals surface area contributed by atoms with Crippen LogP contribution in [-0.2, 0) is 90.0 Å². The van der Waals surface area contributed by atoms with Gasteiger partial charge in [0.15, 0.2) is 11.6 Å². The minimum absolute atomic E-state index is 0. The molecule has 13 heteroatoms. The molecule has 14 rings (SSSR count). The van der Waals surface area contributed by atoms with Crippen molar-refractivity contribution in [2.24, 2.45) is 0 Å². The van der Waals surface area contributed by atoms with Gasteiger partial charge in [-0.05, 0) is 120 Å². The minimum Gasteiger partial charge on any atom is -0.512 e. The fourth-order valence-electron chi connectivity index (χ4n) is 10.9. The zero-order valence-corrected chi connectivity index (χ0v) is 72.3. The van der Waals surface area contributed by atoms with E-state index in [4.69, 9.17) is 10.2 Å². The van der Waals surface area contributed by atoms with Gasteiger partial charge >= 0.3 is 0 Å². The van der Waals surface area contributed by atoms with Gasteiger partial charge in [-0.2, -0.15) is 0 Å². The maximum Gasteiger partial charge on any atom is 0.155 e. The summed E-state index contributed by atoms with van der Waals surface area (Å²) in [7, 11) is 0. The summed E-state index contributed by atoms with van der Waals surface area (Å²) >= 11 is 0. The van der Waals surface area contributed by atoms with Crippen molar-refractivity contribution < 1.29 is 100 Å². The fourth-order valence-corrected chi connectivity index (χ4v) is 10.9. The zero-order valence-electron chi connectivity index (χ0n) is 62.7. The Bertz CT molecular complexity index is 4830. The third-order valence-corrected chi connectivity index (χ3v) is 15.6. The number of aryl methyl sites for hydroxylation is 7. The third-order valence-electron chi connectivity index (χ3n) is 15.6. The van der Waals surface area contributed by atoms with Gasteiger partial charge in [0.05, 0.1) is 11.5 Å². The van der Waals surface area contributed by atoms with E-state index in [9.17, 15) is 9.59 Å². The summed E-state index contributed by atoms with van der Waals surface area (Å²) < 4.78 is 0. The van der Waals surface area contributed by atoms with Crippen molar-refractivity contribution in [1.29, 1.82) is 0 Å². The van der Waals surface area contributed by atoms with E-state index in [0.29, 0.717) is 0 Å². The van der Waals surface area contributed by atoms with E-state index in [0.717, 1.165) is 84.1 Å². The summed E-state index contributed by atoms with van der Waals surface area (Å²) in [4.78, 5) is 42.4. The van der Waals surface area contributed by atoms with Crippen LogP contribution in [0.5, 0.6) is 0 Å². The quantitative estimate of drug-likeness (QED) is 0.0736. The van der Waals surface area contributed by atoms with Gasteiger partial charge in [0.25, 0.3) is 0 Å². The first kappa shape index (κ1) is 91.1. The Morgan fingerprint density at radius 2 is 0.697 bits per heavy atom. The summed E-state index contributed by atoms with van der Waals surface area (Å²) in [5.74, 6) is -0.125. The van der Waals surface area contributed by atoms with Crippen molar-refractivity contribution in [2.75, 3.05) is 0 Å². The number of nitrogens with zero attached hydrogens (tertiary/aromatic N) is 5. The number of hydrogen-bond donors (Lipinski definition) is 2. The maximum atomic E-state index is 10.0. The van der Waals surface area contributed by atoms with Crippen molar-refractivity contribution in [3.8, 4) is 101 Å². The smallest absolute Gasteiger partial charge is 0.155 e. The SMILES string of the molecule is CC(=O)C=C(C)O.CC(=O)C=C(C)O.Cc1[c-]c(-c2ccc(-c3ccccc3)cn2)cc(C)c1.Cc1[c-]c(-c2ccc(-c3ccccc3)cn2)cc(C)c1.Cc1c[c-]c(-c2ccc(-c3ccccc3)cn2)c(C)c1.Cc1ccc(-c2ccnc(-c3[c-]cccc3)c2)cc1.[Ir].[Ir].[Ir].[Ir].[c-]1ccccc1-c1ccccn1. The number of allylic oxidation sites excluding steroid dienone is 4. The van der Waals surface area contributed by atoms with Crippen LogP contribution in [0.3, 0.4) is 0 Å². The predicted octanol–water partition coefficient (Wildman–Crippen LogP) is 23.6. The second kappa shape index (κ2) is 48.2. The normalized spacial score (nSPS) is 10.1. The summed E-state index contributed by atoms with van der Waals surface area (Å²) in [5.41, 5.74) is 28.0. The van der Waals surface area contributed by atoms with E-state index in [2.05, 4.69) is 237 Å². The second-order valence-corrected chi connectivity index (χ2v) is 25.0. The second-order valence-electron chi connectivity index (χ2n) is 25.0. The molecule has 9 aromatic carbocycles. The van der Waals surface area contributed by atoms with Crippen LogP contribution in [-0.4, -0.2) is 46.7 Å². The summed E-state index contributed by atoms with van der Waals surface area (Å²) in [6, 6.07) is 107. The molecule has 14 aromatic rings. The van der Waals surface area contributed by atoms with Crippen LogP contribution in [0.25, 0.3) is 101 Å². The molecule has 4 radical (unpaired) electrons. The summed E-state index contributed by atoms with van der Waals surface area (Å²) in [6.07, 6.45) is 11.8. The number of pyridine rings is 5. The molecule has 0 aliphatic rings. The molecule has 0 bridgehead atoms. The van der Waals surface area contributed by atoms with E-state index in [-0.39, 0.29) is 104 Å². The molecular weight excluding hydrogens is 2060 g/mol. The molecule has 0 amide bonds. The largest absolute Gasteiger partial charge is 0.512 e. The molecule has 0 atom stereocenters. The van der Waals surface area contributed by atoms with Crippen LogP contribution in [0.2, 0.25) is 0 Å². The van der Waals surface area contributed by atoms with Crippen LogP contribution >= 0.6 is 0 Å². The van der Waals surface area contributed by atoms with Gasteiger partial charge in [0.2, 0.25) is 0 Å². The van der Waals surface area contributed by atoms with Crippen molar-refractivity contribution in [3.63, 3.8) is 0 Å². The maximum absolute atomic E-state index is 10.0. The molecule has 0 aliphatic carbocycles. The predicted molar refractivity (Wildman–Crippen MR) is 432 cm³/mol. The molecule has 0 fully saturated rings. The molecular formula is C96H86Ir4N5O4-5. The molecule has 109 heavy (non-hydrogen) atoms. The third kappa shape index (κ3) is 31.5. The van der Waals surface area contributed by atoms with E-state index < -0.39 is 0 Å². The number of hydrogen-bond acceptors (Lipinski definition) is 9. The summed E-state index contributed by atoms with van der Waals surface area (Å²) in [5, 5.41) is 16.7. The average molecular weight is 2140 g/mol. The Morgan fingerprint density at radius 1 is 0.312 bits per heavy atom. The van der Waals surface area contributed by atoms with Crippen LogP contribution in [0, 0.1) is 78.8 Å². The fraction of sp³-hybridized carbons (Fsp3) is 0.115. The van der Waals surface area contributed by atoms with Crippen LogP contribution in [0.15, 0.2) is 322 Å². The Morgan fingerprint density at radius 3 is 1.06 bits per heavy atom. The van der Waals surface area contributed by atoms with Gasteiger partial charge in [0, 0.05) is 124 Å². The summed E-state index contributed by atoms with van der Waals surface area (Å²) in [6.45, 7) is 20.3. The van der Waals surface area contributed by atoms with E-state index in [1.165, 1.54) is 95.5 Å². The standard InChI is InChI=1S/3C19H16N.C18H14N.C11H8N.2C5H8O2.4Ir/c1-14-8-10-18(15(2)12-14)19-11-9-17(13-20-19)16-6-4-3-5-7-16;2*1-14-10-15(2)12-18(11-14)19-9-8-17(13-20-19)16-6-4-3-5-7-16;1-14-7-9-15(10-8-14)17-11-12-19-18(13-17)16-5-3-2-4-6-16;1-2-6-10(7-3-1)11-8-4-5-9-12-11;2*1-4(6)3-5(2)7;;;;/h3-9,11-13H,1-2H3;2*3-11,13H,1-2H3;2-5,7-13H,1H3;1-6,8-9H;2*3,6H,1-2H3;;;;/q5*-1;;;;;;. The minimum atomic E-state index is -0.125. The molecule has 0 spiro atoms. The van der Waals surface area contributed by atoms with E-state index in [1.807, 2.05) is 158 Å². The Labute approximate surface area is 698 Å². The Kier molecular flexibility index (Phi) is 40.3. The molecule has 0 unspecified atom stereocenters. The van der Waals surface area contributed by atoms with Crippen molar-refractivity contribution in [2.45, 2.75) is 76.2 Å². The number of benzene rings is 9. The van der Waals surface area contributed by atoms with E-state index >= 15 is 0 Å². The molecule has 5 heterocycles. The van der Waals surface area contributed by atoms with Gasteiger partial charge in [-0.3, -0.25) is 9.59 Å². The van der Waals surface area contributed by atoms with Crippen molar-refractivity contribution in [1.82, 2.24) is 24.9 Å². The number of ketones is 2. The van der Waals surface area contributed by atoms with Gasteiger partial charge in [-0.15, -0.1) is 176 Å². The molecule has 0 aliphatic heterocycles. The van der Waals surface area contributed by atoms with Gasteiger partial charge < -0.3 is 35.1 Å². The number of carbonyl (C=O) groups is 2. The molecule has 0 saturated heterocycles. The van der Waals surface area contributed by atoms with Crippen molar-refractivity contribution >= 4 is 11.6 Å². The van der Waals surface area contributed by atoms with Crippen molar-refractivity contribution in [3.05, 3.63) is 391 Å². The number of carbonyl (C=O) groups excluding carboxylic acids is 2. The first-order valence-electron chi connectivity index (χ1n) is 34.4. The molecule has 560 valence electrons. The Hall–Kier alpha value is -10.3. The molecule has 0 saturated carbocycles. The monoisotopic (exact) mass is 2140 g/mol. The number of aliphatic hydroxyl groups is 2. The van der Waals surface area contributed by atoms with Gasteiger partial charge in [0.1, 0.15) is 0 Å². The van der Waals surface area contributed by atoms with Crippen LogP contribution in [0.4, 0.5) is 0 Å². The van der Waals surface area contributed by atoms with Crippen LogP contribution in [0.1, 0.15) is 66.6 Å². The van der Waals surface area contributed by atoms with E-state index in [1.54, 1.807) is 6.20 Å². The molecule has 5 aromatic heterocycles. The van der Waals surface area contributed by atoms with Gasteiger partial charge in [-0.25, -0.2) is 0 Å². The van der Waals surface area contributed by atoms with Gasteiger partial charge in [-0.1, -0.05) is 217 Å². The topological polar surface area (TPSA) is 139 Å². The number of aromatic nitrogens is 5. The first-order chi connectivity index (χ1) is 50.7. The Balaban J connectivity index is 0.000000275. The molecule has 9 nitrogen and oxygen atoms in total.